The lowest BCUT2D eigenvalue weighted by atomic mass is 10.1. The first kappa shape index (κ1) is 13.2. The monoisotopic (exact) mass is 259 g/mol. The second-order valence-corrected chi connectivity index (χ2v) is 4.25. The first-order valence-corrected chi connectivity index (χ1v) is 5.81. The number of carbonyl (C=O) groups is 1. The first-order chi connectivity index (χ1) is 9.06. The molecule has 0 saturated carbocycles. The molecule has 1 atom stereocenters. The zero-order chi connectivity index (χ0) is 13.8. The number of aryl methyl sites for hydroxylation is 1. The van der Waals surface area contributed by atoms with Crippen molar-refractivity contribution in [3.63, 3.8) is 0 Å². The van der Waals surface area contributed by atoms with Crippen molar-refractivity contribution in [3.8, 4) is 0 Å². The summed E-state index contributed by atoms with van der Waals surface area (Å²) in [5.41, 5.74) is 8.09. The van der Waals surface area contributed by atoms with E-state index in [2.05, 4.69) is 10.3 Å². The molecule has 19 heavy (non-hydrogen) atoms. The van der Waals surface area contributed by atoms with Gasteiger partial charge in [-0.15, -0.1) is 0 Å². The van der Waals surface area contributed by atoms with Crippen LogP contribution in [0.5, 0.6) is 0 Å². The van der Waals surface area contributed by atoms with Crippen LogP contribution in [0.3, 0.4) is 0 Å². The van der Waals surface area contributed by atoms with Crippen LogP contribution >= 0.6 is 0 Å². The van der Waals surface area contributed by atoms with Crippen molar-refractivity contribution in [2.24, 2.45) is 5.73 Å². The van der Waals surface area contributed by atoms with Crippen LogP contribution in [0.1, 0.15) is 17.2 Å². The summed E-state index contributed by atoms with van der Waals surface area (Å²) in [6.07, 6.45) is 1.25. The quantitative estimate of drug-likeness (QED) is 0.830. The van der Waals surface area contributed by atoms with Gasteiger partial charge in [0.2, 0.25) is 11.9 Å². The topological polar surface area (TPSA) is 68.0 Å². The van der Waals surface area contributed by atoms with Gasteiger partial charge in [0.1, 0.15) is 6.04 Å². The number of anilines is 1. The van der Waals surface area contributed by atoms with E-state index < -0.39 is 12.0 Å². The standard InChI is InChI=1S/C14H14FN3O/c1-9-2-4-10(5-3-9)13(16)14(19)18-11-6-7-12(15)17-8-11/h2-8,13H,16H2,1H3,(H,18,19). The maximum absolute atomic E-state index is 12.6. The SMILES string of the molecule is Cc1ccc(C(N)C(=O)Nc2ccc(F)nc2)cc1. The van der Waals surface area contributed by atoms with Gasteiger partial charge in [0.25, 0.3) is 0 Å². The Morgan fingerprint density at radius 1 is 1.26 bits per heavy atom. The molecule has 1 heterocycles. The average molecular weight is 259 g/mol. The number of pyridine rings is 1. The third kappa shape index (κ3) is 3.35. The Morgan fingerprint density at radius 3 is 2.53 bits per heavy atom. The first-order valence-electron chi connectivity index (χ1n) is 5.81. The van der Waals surface area contributed by atoms with E-state index in [0.29, 0.717) is 5.69 Å². The van der Waals surface area contributed by atoms with Crippen LogP contribution in [0.4, 0.5) is 10.1 Å². The Balaban J connectivity index is 2.07. The average Bonchev–Trinajstić information content (AvgIpc) is 2.41. The molecule has 2 rings (SSSR count). The number of rotatable bonds is 3. The zero-order valence-electron chi connectivity index (χ0n) is 10.4. The highest BCUT2D eigenvalue weighted by atomic mass is 19.1. The third-order valence-corrected chi connectivity index (χ3v) is 2.71. The minimum absolute atomic E-state index is 0.364. The van der Waals surface area contributed by atoms with E-state index in [0.717, 1.165) is 11.1 Å². The normalized spacial score (nSPS) is 11.9. The lowest BCUT2D eigenvalue weighted by Crippen LogP contribution is -2.27. The number of nitrogens with zero attached hydrogens (tertiary/aromatic N) is 1. The van der Waals surface area contributed by atoms with Gasteiger partial charge in [-0.25, -0.2) is 4.98 Å². The van der Waals surface area contributed by atoms with Crippen molar-refractivity contribution in [2.75, 3.05) is 5.32 Å². The smallest absolute Gasteiger partial charge is 0.245 e. The molecule has 1 aromatic carbocycles. The molecule has 0 radical (unpaired) electrons. The molecular formula is C14H14FN3O. The zero-order valence-corrected chi connectivity index (χ0v) is 10.4. The van der Waals surface area contributed by atoms with Gasteiger partial charge in [-0.1, -0.05) is 29.8 Å². The molecule has 0 bridgehead atoms. The molecule has 3 N–H and O–H groups in total. The highest BCUT2D eigenvalue weighted by molar-refractivity contribution is 5.95. The molecule has 1 unspecified atom stereocenters. The van der Waals surface area contributed by atoms with E-state index in [1.165, 1.54) is 18.3 Å². The number of amides is 1. The summed E-state index contributed by atoms with van der Waals surface area (Å²) in [4.78, 5) is 15.4. The number of halogens is 1. The predicted octanol–water partition coefficient (Wildman–Crippen LogP) is 2.17. The predicted molar refractivity (Wildman–Crippen MR) is 70.9 cm³/mol. The van der Waals surface area contributed by atoms with Crippen molar-refractivity contribution in [2.45, 2.75) is 13.0 Å². The summed E-state index contributed by atoms with van der Waals surface area (Å²) in [7, 11) is 0. The fourth-order valence-electron chi connectivity index (χ4n) is 1.59. The molecule has 98 valence electrons. The number of hydrogen-bond donors (Lipinski definition) is 2. The number of nitrogens with one attached hydrogen (secondary N) is 1. The number of benzene rings is 1. The van der Waals surface area contributed by atoms with Crippen LogP contribution in [-0.4, -0.2) is 10.9 Å². The fourth-order valence-corrected chi connectivity index (χ4v) is 1.59. The number of aromatic nitrogens is 1. The maximum Gasteiger partial charge on any atom is 0.245 e. The van der Waals surface area contributed by atoms with E-state index >= 15 is 0 Å². The molecule has 0 fully saturated rings. The van der Waals surface area contributed by atoms with Crippen LogP contribution in [0.15, 0.2) is 42.6 Å². The second kappa shape index (κ2) is 5.58. The fraction of sp³-hybridized carbons (Fsp3) is 0.143. The van der Waals surface area contributed by atoms with Gasteiger partial charge in [-0.2, -0.15) is 4.39 Å². The van der Waals surface area contributed by atoms with E-state index in [9.17, 15) is 9.18 Å². The minimum atomic E-state index is -0.773. The van der Waals surface area contributed by atoms with Crippen LogP contribution in [0, 0.1) is 12.9 Å². The lowest BCUT2D eigenvalue weighted by Gasteiger charge is -2.12. The second-order valence-electron chi connectivity index (χ2n) is 4.25. The third-order valence-electron chi connectivity index (χ3n) is 2.71. The number of hydrogen-bond acceptors (Lipinski definition) is 3. The molecule has 0 aliphatic heterocycles. The highest BCUT2D eigenvalue weighted by Crippen LogP contribution is 2.14. The Kier molecular flexibility index (Phi) is 3.87. The van der Waals surface area contributed by atoms with Gasteiger partial charge in [0.05, 0.1) is 11.9 Å². The van der Waals surface area contributed by atoms with Gasteiger partial charge in [0, 0.05) is 0 Å². The van der Waals surface area contributed by atoms with E-state index in [-0.39, 0.29) is 5.91 Å². The van der Waals surface area contributed by atoms with Crippen molar-refractivity contribution < 1.29 is 9.18 Å². The largest absolute Gasteiger partial charge is 0.323 e. The van der Waals surface area contributed by atoms with Crippen LogP contribution in [0.25, 0.3) is 0 Å². The van der Waals surface area contributed by atoms with E-state index in [4.69, 9.17) is 5.73 Å². The Labute approximate surface area is 110 Å². The van der Waals surface area contributed by atoms with Crippen LogP contribution < -0.4 is 11.1 Å². The van der Waals surface area contributed by atoms with Crippen molar-refractivity contribution in [1.29, 1.82) is 0 Å². The van der Waals surface area contributed by atoms with E-state index in [1.807, 2.05) is 31.2 Å². The molecule has 5 heteroatoms. The lowest BCUT2D eigenvalue weighted by molar-refractivity contribution is -0.117. The van der Waals surface area contributed by atoms with Crippen molar-refractivity contribution in [1.82, 2.24) is 4.98 Å². The molecule has 4 nitrogen and oxygen atoms in total. The van der Waals surface area contributed by atoms with Gasteiger partial charge in [-0.3, -0.25) is 4.79 Å². The maximum atomic E-state index is 12.6. The van der Waals surface area contributed by atoms with E-state index in [1.54, 1.807) is 0 Å². The summed E-state index contributed by atoms with van der Waals surface area (Å²) in [6.45, 7) is 1.96. The summed E-state index contributed by atoms with van der Waals surface area (Å²) in [6, 6.07) is 9.23. The van der Waals surface area contributed by atoms with Gasteiger partial charge in [0.15, 0.2) is 0 Å². The van der Waals surface area contributed by atoms with Gasteiger partial charge < -0.3 is 11.1 Å². The molecule has 0 aliphatic rings. The number of nitrogens with two attached hydrogens (primary N) is 1. The number of carbonyl (C=O) groups excluding carboxylic acids is 1. The molecule has 1 amide bonds. The highest BCUT2D eigenvalue weighted by Gasteiger charge is 2.15. The molecule has 0 spiro atoms. The summed E-state index contributed by atoms with van der Waals surface area (Å²) in [5.74, 6) is -0.960. The van der Waals surface area contributed by atoms with Crippen LogP contribution in [0.2, 0.25) is 0 Å². The Morgan fingerprint density at radius 2 is 1.95 bits per heavy atom. The van der Waals surface area contributed by atoms with Crippen LogP contribution in [-0.2, 0) is 4.79 Å². The molecule has 1 aromatic heterocycles. The van der Waals surface area contributed by atoms with Gasteiger partial charge in [-0.05, 0) is 24.6 Å². The minimum Gasteiger partial charge on any atom is -0.323 e. The summed E-state index contributed by atoms with van der Waals surface area (Å²) in [5, 5.41) is 2.59. The molecule has 2 aromatic rings. The molecular weight excluding hydrogens is 245 g/mol. The summed E-state index contributed by atoms with van der Waals surface area (Å²) >= 11 is 0. The Bertz CT molecular complexity index is 566. The van der Waals surface area contributed by atoms with Crippen molar-refractivity contribution >= 4 is 11.6 Å². The molecule has 0 saturated heterocycles. The van der Waals surface area contributed by atoms with Gasteiger partial charge >= 0.3 is 0 Å². The van der Waals surface area contributed by atoms with Crippen molar-refractivity contribution in [3.05, 3.63) is 59.7 Å². The Hall–Kier alpha value is -2.27. The molecule has 0 aliphatic carbocycles. The summed E-state index contributed by atoms with van der Waals surface area (Å²) < 4.78 is 12.6.